The first kappa shape index (κ1) is 23.9. The van der Waals surface area contributed by atoms with Crippen LogP contribution in [0.15, 0.2) is 24.3 Å². The molecule has 0 radical (unpaired) electrons. The van der Waals surface area contributed by atoms with Gasteiger partial charge in [-0.15, -0.1) is 0 Å². The van der Waals surface area contributed by atoms with Gasteiger partial charge in [-0.25, -0.2) is 4.79 Å². The van der Waals surface area contributed by atoms with Gasteiger partial charge in [-0.05, 0) is 63.3 Å². The molecule has 0 saturated carbocycles. The third kappa shape index (κ3) is 5.59. The molecule has 1 aromatic heterocycles. The van der Waals surface area contributed by atoms with Gasteiger partial charge in [0.1, 0.15) is 5.60 Å². The second kappa shape index (κ2) is 8.76. The van der Waals surface area contributed by atoms with Gasteiger partial charge < -0.3 is 10.5 Å². The summed E-state index contributed by atoms with van der Waals surface area (Å²) in [4.78, 5) is 17.6. The number of aromatic nitrogens is 1. The van der Waals surface area contributed by atoms with Crippen LogP contribution in [0, 0.1) is 12.8 Å². The highest BCUT2D eigenvalue weighted by atomic mass is 19.4. The number of rotatable bonds is 5. The second-order valence-electron chi connectivity index (χ2n) is 8.75. The number of nitrogens with two attached hydrogens (primary N) is 1. The van der Waals surface area contributed by atoms with Crippen LogP contribution < -0.4 is 5.73 Å². The van der Waals surface area contributed by atoms with Crippen LogP contribution in [0.25, 0.3) is 11.1 Å². The number of esters is 1. The number of benzene rings is 1. The number of pyridine rings is 1. The third-order valence-corrected chi connectivity index (χ3v) is 4.47. The largest absolute Gasteiger partial charge is 0.456 e. The summed E-state index contributed by atoms with van der Waals surface area (Å²) in [5.41, 5.74) is 7.60. The van der Waals surface area contributed by atoms with E-state index < -0.39 is 23.3 Å². The van der Waals surface area contributed by atoms with Crippen molar-refractivity contribution in [3.63, 3.8) is 0 Å². The first-order valence-corrected chi connectivity index (χ1v) is 9.88. The molecule has 0 fully saturated rings. The minimum atomic E-state index is -4.44. The summed E-state index contributed by atoms with van der Waals surface area (Å²) in [6.07, 6.45) is -3.81. The van der Waals surface area contributed by atoms with Crippen LogP contribution in [-0.4, -0.2) is 16.6 Å². The molecule has 0 unspecified atom stereocenters. The maximum atomic E-state index is 13.0. The molecule has 0 spiro atoms. The zero-order valence-corrected chi connectivity index (χ0v) is 18.3. The number of alkyl halides is 3. The van der Waals surface area contributed by atoms with Crippen molar-refractivity contribution in [3.8, 4) is 11.1 Å². The summed E-state index contributed by atoms with van der Waals surface area (Å²) in [6.45, 7) is 11.1. The molecule has 0 aliphatic heterocycles. The van der Waals surface area contributed by atoms with Gasteiger partial charge in [-0.1, -0.05) is 26.0 Å². The zero-order valence-electron chi connectivity index (χ0n) is 18.3. The highest BCUT2D eigenvalue weighted by Crippen LogP contribution is 2.36. The quantitative estimate of drug-likeness (QED) is 0.629. The average molecular weight is 422 g/mol. The monoisotopic (exact) mass is 422 g/mol. The van der Waals surface area contributed by atoms with E-state index in [9.17, 15) is 18.0 Å². The molecule has 7 heteroatoms. The number of halogens is 3. The van der Waals surface area contributed by atoms with E-state index in [2.05, 4.69) is 4.98 Å². The Balaban J connectivity index is 2.78. The van der Waals surface area contributed by atoms with Crippen LogP contribution >= 0.6 is 0 Å². The zero-order chi connectivity index (χ0) is 22.9. The minimum Gasteiger partial charge on any atom is -0.456 e. The number of ether oxygens (including phenoxy) is 1. The predicted octanol–water partition coefficient (Wildman–Crippen LogP) is 5.69. The Morgan fingerprint density at radius 1 is 1.13 bits per heavy atom. The summed E-state index contributed by atoms with van der Waals surface area (Å²) in [5, 5.41) is 0. The maximum absolute atomic E-state index is 13.0. The Hall–Kier alpha value is -2.41. The number of aryl methyl sites for hydroxylation is 1. The number of nitrogens with zero attached hydrogens (tertiary/aromatic N) is 1. The third-order valence-electron chi connectivity index (χ3n) is 4.47. The molecule has 30 heavy (non-hydrogen) atoms. The first-order valence-electron chi connectivity index (χ1n) is 9.88. The van der Waals surface area contributed by atoms with E-state index in [-0.39, 0.29) is 18.0 Å². The number of carbonyl (C=O) groups excluding carboxylic acids is 1. The molecule has 2 N–H and O–H groups in total. The summed E-state index contributed by atoms with van der Waals surface area (Å²) in [7, 11) is 0. The smallest absolute Gasteiger partial charge is 0.416 e. The summed E-state index contributed by atoms with van der Waals surface area (Å²) >= 11 is 0. The Labute approximate surface area is 175 Å². The van der Waals surface area contributed by atoms with E-state index in [1.807, 2.05) is 13.8 Å². The van der Waals surface area contributed by atoms with Gasteiger partial charge in [0.05, 0.1) is 16.8 Å². The lowest BCUT2D eigenvalue weighted by Crippen LogP contribution is -2.26. The standard InChI is InChI=1S/C23H29F3N2O2/c1-13(2)11-18-17(12-27)20(15-7-9-16(10-8-15)23(24,25)26)19(14(3)28-18)21(29)30-22(4,5)6/h7-10,13H,11-12,27H2,1-6H3. The Morgan fingerprint density at radius 3 is 2.13 bits per heavy atom. The topological polar surface area (TPSA) is 65.2 Å². The van der Waals surface area contributed by atoms with Crippen LogP contribution in [0.1, 0.15) is 67.5 Å². The first-order chi connectivity index (χ1) is 13.7. The van der Waals surface area contributed by atoms with Crippen molar-refractivity contribution in [1.82, 2.24) is 4.98 Å². The minimum absolute atomic E-state index is 0.0987. The fraction of sp³-hybridized carbons (Fsp3) is 0.478. The van der Waals surface area contributed by atoms with Crippen LogP contribution in [0.2, 0.25) is 0 Å². The lowest BCUT2D eigenvalue weighted by molar-refractivity contribution is -0.137. The van der Waals surface area contributed by atoms with Gasteiger partial charge in [-0.2, -0.15) is 13.2 Å². The van der Waals surface area contributed by atoms with Gasteiger partial charge in [0.25, 0.3) is 0 Å². The number of hydrogen-bond acceptors (Lipinski definition) is 4. The van der Waals surface area contributed by atoms with E-state index in [4.69, 9.17) is 10.5 Å². The molecule has 164 valence electrons. The number of carbonyl (C=O) groups is 1. The Kier molecular flexibility index (Phi) is 6.97. The molecule has 0 saturated heterocycles. The molecular weight excluding hydrogens is 393 g/mol. The van der Waals surface area contributed by atoms with Crippen molar-refractivity contribution < 1.29 is 22.7 Å². The van der Waals surface area contributed by atoms with E-state index in [0.717, 1.165) is 17.8 Å². The van der Waals surface area contributed by atoms with Crippen molar-refractivity contribution in [1.29, 1.82) is 0 Å². The molecule has 0 amide bonds. The van der Waals surface area contributed by atoms with Gasteiger partial charge in [0.15, 0.2) is 0 Å². The second-order valence-corrected chi connectivity index (χ2v) is 8.75. The van der Waals surface area contributed by atoms with Gasteiger partial charge >= 0.3 is 12.1 Å². The molecule has 2 aromatic rings. The van der Waals surface area contributed by atoms with E-state index >= 15 is 0 Å². The Morgan fingerprint density at radius 2 is 1.70 bits per heavy atom. The Bertz CT molecular complexity index is 912. The van der Waals surface area contributed by atoms with Crippen molar-refractivity contribution in [2.24, 2.45) is 11.7 Å². The van der Waals surface area contributed by atoms with Crippen LogP contribution in [-0.2, 0) is 23.9 Å². The normalized spacial score (nSPS) is 12.4. The van der Waals surface area contributed by atoms with E-state index in [1.54, 1.807) is 27.7 Å². The fourth-order valence-corrected chi connectivity index (χ4v) is 3.30. The van der Waals surface area contributed by atoms with E-state index in [0.29, 0.717) is 28.8 Å². The van der Waals surface area contributed by atoms with Gasteiger partial charge in [-0.3, -0.25) is 4.98 Å². The summed E-state index contributed by atoms with van der Waals surface area (Å²) in [6, 6.07) is 4.74. The van der Waals surface area contributed by atoms with Crippen LogP contribution in [0.4, 0.5) is 13.2 Å². The van der Waals surface area contributed by atoms with Crippen molar-refractivity contribution in [3.05, 3.63) is 52.3 Å². The molecule has 4 nitrogen and oxygen atoms in total. The fourth-order valence-electron chi connectivity index (χ4n) is 3.30. The number of hydrogen-bond donors (Lipinski definition) is 1. The maximum Gasteiger partial charge on any atom is 0.416 e. The van der Waals surface area contributed by atoms with Crippen molar-refractivity contribution in [2.45, 2.75) is 66.3 Å². The summed E-state index contributed by atoms with van der Waals surface area (Å²) in [5.74, 6) is -0.289. The van der Waals surface area contributed by atoms with Crippen molar-refractivity contribution in [2.75, 3.05) is 0 Å². The summed E-state index contributed by atoms with van der Waals surface area (Å²) < 4.78 is 44.7. The van der Waals surface area contributed by atoms with Crippen molar-refractivity contribution >= 4 is 5.97 Å². The molecule has 2 rings (SSSR count). The molecule has 0 bridgehead atoms. The van der Waals surface area contributed by atoms with Crippen LogP contribution in [0.5, 0.6) is 0 Å². The lowest BCUT2D eigenvalue weighted by atomic mass is 9.89. The molecule has 1 aromatic carbocycles. The molecule has 0 atom stereocenters. The average Bonchev–Trinajstić information content (AvgIpc) is 2.58. The molecule has 0 aliphatic carbocycles. The SMILES string of the molecule is Cc1nc(CC(C)C)c(CN)c(-c2ccc(C(F)(F)F)cc2)c1C(=O)OC(C)(C)C. The molecule has 1 heterocycles. The lowest BCUT2D eigenvalue weighted by Gasteiger charge is -2.24. The van der Waals surface area contributed by atoms with Gasteiger partial charge in [0, 0.05) is 17.8 Å². The molecular formula is C23H29F3N2O2. The van der Waals surface area contributed by atoms with Crippen LogP contribution in [0.3, 0.4) is 0 Å². The van der Waals surface area contributed by atoms with Gasteiger partial charge in [0.2, 0.25) is 0 Å². The highest BCUT2D eigenvalue weighted by Gasteiger charge is 2.31. The molecule has 0 aliphatic rings. The highest BCUT2D eigenvalue weighted by molar-refractivity contribution is 5.99. The van der Waals surface area contributed by atoms with E-state index in [1.165, 1.54) is 12.1 Å². The predicted molar refractivity (Wildman–Crippen MR) is 111 cm³/mol.